The summed E-state index contributed by atoms with van der Waals surface area (Å²) >= 11 is 7.23. The number of likely N-dealkylation sites (tertiary alicyclic amines) is 1. The Morgan fingerprint density at radius 2 is 1.79 bits per heavy atom. The molecule has 0 radical (unpaired) electrons. The summed E-state index contributed by atoms with van der Waals surface area (Å²) in [5, 5.41) is 13.6. The van der Waals surface area contributed by atoms with Crippen LogP contribution in [0.3, 0.4) is 0 Å². The van der Waals surface area contributed by atoms with Crippen LogP contribution >= 0.6 is 23.4 Å². The predicted octanol–water partition coefficient (Wildman–Crippen LogP) is 3.52. The van der Waals surface area contributed by atoms with E-state index >= 15 is 0 Å². The Balaban J connectivity index is 1.57. The summed E-state index contributed by atoms with van der Waals surface area (Å²) in [7, 11) is 0. The lowest BCUT2D eigenvalue weighted by Crippen LogP contribution is -2.30. The Hall–Kier alpha value is -2.02. The summed E-state index contributed by atoms with van der Waals surface area (Å²) < 4.78 is 0. The largest absolute Gasteiger partial charge is 0.387 e. The highest BCUT2D eigenvalue weighted by molar-refractivity contribution is 8.00. The zero-order valence-electron chi connectivity index (χ0n) is 15.4. The van der Waals surface area contributed by atoms with E-state index in [0.29, 0.717) is 21.9 Å². The summed E-state index contributed by atoms with van der Waals surface area (Å²) in [6, 6.07) is 14.1. The number of carbonyl (C=O) groups excluding carboxylic acids is 2. The third-order valence-electron chi connectivity index (χ3n) is 4.65. The Morgan fingerprint density at radius 1 is 1.11 bits per heavy atom. The number of rotatable bonds is 7. The number of halogens is 1. The normalized spacial score (nSPS) is 14.7. The quantitative estimate of drug-likeness (QED) is 0.675. The Labute approximate surface area is 174 Å². The molecule has 1 heterocycles. The summed E-state index contributed by atoms with van der Waals surface area (Å²) in [4.78, 5) is 27.5. The van der Waals surface area contributed by atoms with Gasteiger partial charge in [0.15, 0.2) is 0 Å². The second-order valence-corrected chi connectivity index (χ2v) is 8.10. The number of amides is 2. The lowest BCUT2D eigenvalue weighted by Gasteiger charge is -2.16. The van der Waals surface area contributed by atoms with Crippen molar-refractivity contribution in [1.29, 1.82) is 0 Å². The summed E-state index contributed by atoms with van der Waals surface area (Å²) in [5.74, 6) is 0.151. The second kappa shape index (κ2) is 9.96. The minimum atomic E-state index is -0.822. The fourth-order valence-electron chi connectivity index (χ4n) is 3.06. The molecule has 28 heavy (non-hydrogen) atoms. The first-order chi connectivity index (χ1) is 13.5. The van der Waals surface area contributed by atoms with Crippen molar-refractivity contribution in [1.82, 2.24) is 10.2 Å². The first-order valence-corrected chi connectivity index (χ1v) is 10.6. The number of nitrogens with one attached hydrogen (secondary N) is 1. The SMILES string of the molecule is O=C(NCC(O)c1ccc(Cl)cc1)c1ccccc1SCC(=O)N1CCCC1. The van der Waals surface area contributed by atoms with Crippen LogP contribution in [-0.4, -0.2) is 47.2 Å². The van der Waals surface area contributed by atoms with E-state index in [1.54, 1.807) is 36.4 Å². The molecule has 2 aromatic carbocycles. The van der Waals surface area contributed by atoms with Crippen molar-refractivity contribution in [2.45, 2.75) is 23.8 Å². The lowest BCUT2D eigenvalue weighted by molar-refractivity contribution is -0.127. The van der Waals surface area contributed by atoms with Gasteiger partial charge < -0.3 is 15.3 Å². The van der Waals surface area contributed by atoms with Crippen LogP contribution in [-0.2, 0) is 4.79 Å². The second-order valence-electron chi connectivity index (χ2n) is 6.65. The average Bonchev–Trinajstić information content (AvgIpc) is 3.26. The molecule has 0 bridgehead atoms. The van der Waals surface area contributed by atoms with Gasteiger partial charge in [-0.1, -0.05) is 35.9 Å². The zero-order chi connectivity index (χ0) is 19.9. The van der Waals surface area contributed by atoms with Crippen LogP contribution in [0.25, 0.3) is 0 Å². The molecule has 0 aliphatic carbocycles. The summed E-state index contributed by atoms with van der Waals surface area (Å²) in [6.07, 6.45) is 1.30. The molecule has 7 heteroatoms. The summed E-state index contributed by atoms with van der Waals surface area (Å²) in [6.45, 7) is 1.74. The van der Waals surface area contributed by atoms with E-state index in [1.165, 1.54) is 11.8 Å². The van der Waals surface area contributed by atoms with Crippen molar-refractivity contribution < 1.29 is 14.7 Å². The van der Waals surface area contributed by atoms with Gasteiger partial charge in [0, 0.05) is 29.6 Å². The van der Waals surface area contributed by atoms with Crippen LogP contribution in [0.1, 0.15) is 34.9 Å². The minimum absolute atomic E-state index is 0.0895. The third kappa shape index (κ3) is 5.50. The van der Waals surface area contributed by atoms with Crippen LogP contribution in [0, 0.1) is 0 Å². The molecule has 148 valence electrons. The Kier molecular flexibility index (Phi) is 7.36. The highest BCUT2D eigenvalue weighted by Crippen LogP contribution is 2.24. The number of aliphatic hydroxyl groups is 1. The number of carbonyl (C=O) groups is 2. The smallest absolute Gasteiger partial charge is 0.252 e. The predicted molar refractivity (Wildman–Crippen MR) is 112 cm³/mol. The molecule has 2 N–H and O–H groups in total. The molecule has 1 fully saturated rings. The van der Waals surface area contributed by atoms with Gasteiger partial charge in [0.05, 0.1) is 17.4 Å². The van der Waals surface area contributed by atoms with Crippen LogP contribution in [0.15, 0.2) is 53.4 Å². The molecule has 1 atom stereocenters. The highest BCUT2D eigenvalue weighted by Gasteiger charge is 2.19. The lowest BCUT2D eigenvalue weighted by atomic mass is 10.1. The van der Waals surface area contributed by atoms with Crippen LogP contribution in [0.2, 0.25) is 5.02 Å². The maximum Gasteiger partial charge on any atom is 0.252 e. The number of benzene rings is 2. The molecule has 0 aromatic heterocycles. The van der Waals surface area contributed by atoms with Gasteiger partial charge in [0.25, 0.3) is 5.91 Å². The van der Waals surface area contributed by atoms with Gasteiger partial charge in [-0.05, 0) is 42.7 Å². The number of thioether (sulfide) groups is 1. The van der Waals surface area contributed by atoms with E-state index in [2.05, 4.69) is 5.32 Å². The number of aliphatic hydroxyl groups excluding tert-OH is 1. The van der Waals surface area contributed by atoms with Gasteiger partial charge in [-0.2, -0.15) is 0 Å². The van der Waals surface area contributed by atoms with Gasteiger partial charge in [-0.15, -0.1) is 11.8 Å². The first kappa shape index (κ1) is 20.7. The van der Waals surface area contributed by atoms with Crippen LogP contribution in [0.4, 0.5) is 0 Å². The fraction of sp³-hybridized carbons (Fsp3) is 0.333. The molecule has 1 saturated heterocycles. The van der Waals surface area contributed by atoms with Gasteiger partial charge >= 0.3 is 0 Å². The maximum atomic E-state index is 12.6. The molecular formula is C21H23ClN2O3S. The molecule has 5 nitrogen and oxygen atoms in total. The van der Waals surface area contributed by atoms with E-state index in [1.807, 2.05) is 17.0 Å². The van der Waals surface area contributed by atoms with E-state index in [0.717, 1.165) is 30.8 Å². The van der Waals surface area contributed by atoms with Crippen molar-refractivity contribution in [2.24, 2.45) is 0 Å². The van der Waals surface area contributed by atoms with Gasteiger partial charge in [0.2, 0.25) is 5.91 Å². The van der Waals surface area contributed by atoms with Gasteiger partial charge in [0.1, 0.15) is 0 Å². The van der Waals surface area contributed by atoms with Crippen molar-refractivity contribution >= 4 is 35.2 Å². The molecule has 2 amide bonds. The van der Waals surface area contributed by atoms with E-state index in [-0.39, 0.29) is 18.4 Å². The van der Waals surface area contributed by atoms with Crippen LogP contribution < -0.4 is 5.32 Å². The van der Waals surface area contributed by atoms with Gasteiger partial charge in [-0.25, -0.2) is 0 Å². The molecule has 0 saturated carbocycles. The van der Waals surface area contributed by atoms with E-state index in [4.69, 9.17) is 11.6 Å². The fourth-order valence-corrected chi connectivity index (χ4v) is 4.14. The Bertz CT molecular complexity index is 823. The standard InChI is InChI=1S/C21H23ClN2O3S/c22-16-9-7-15(8-10-16)18(25)13-23-21(27)17-5-1-2-6-19(17)28-14-20(26)24-11-3-4-12-24/h1-2,5-10,18,25H,3-4,11-14H2,(H,23,27). The van der Waals surface area contributed by atoms with Crippen molar-refractivity contribution in [3.05, 3.63) is 64.7 Å². The molecule has 1 aliphatic rings. The Morgan fingerprint density at radius 3 is 2.50 bits per heavy atom. The average molecular weight is 419 g/mol. The topological polar surface area (TPSA) is 69.6 Å². The van der Waals surface area contributed by atoms with Crippen molar-refractivity contribution in [3.8, 4) is 0 Å². The monoisotopic (exact) mass is 418 g/mol. The minimum Gasteiger partial charge on any atom is -0.387 e. The van der Waals surface area contributed by atoms with Crippen LogP contribution in [0.5, 0.6) is 0 Å². The first-order valence-electron chi connectivity index (χ1n) is 9.26. The molecular weight excluding hydrogens is 396 g/mol. The number of nitrogens with zero attached hydrogens (tertiary/aromatic N) is 1. The maximum absolute atomic E-state index is 12.6. The van der Waals surface area contributed by atoms with Crippen molar-refractivity contribution in [3.63, 3.8) is 0 Å². The molecule has 1 unspecified atom stereocenters. The highest BCUT2D eigenvalue weighted by atomic mass is 35.5. The van der Waals surface area contributed by atoms with E-state index < -0.39 is 6.10 Å². The van der Waals surface area contributed by atoms with E-state index in [9.17, 15) is 14.7 Å². The van der Waals surface area contributed by atoms with Crippen molar-refractivity contribution in [2.75, 3.05) is 25.4 Å². The molecule has 1 aliphatic heterocycles. The number of hydrogen-bond donors (Lipinski definition) is 2. The zero-order valence-corrected chi connectivity index (χ0v) is 17.0. The van der Waals surface area contributed by atoms with Gasteiger partial charge in [-0.3, -0.25) is 9.59 Å². The molecule has 0 spiro atoms. The third-order valence-corrected chi connectivity index (χ3v) is 5.96. The molecule has 3 rings (SSSR count). The molecule has 2 aromatic rings. The summed E-state index contributed by atoms with van der Waals surface area (Å²) in [5.41, 5.74) is 1.19. The number of hydrogen-bond acceptors (Lipinski definition) is 4.